The first-order valence-electron chi connectivity index (χ1n) is 11.1. The van der Waals surface area contributed by atoms with Crippen LogP contribution in [-0.2, 0) is 11.2 Å². The molecule has 2 fully saturated rings. The van der Waals surface area contributed by atoms with Gasteiger partial charge in [-0.05, 0) is 52.5 Å². The molecule has 2 saturated heterocycles. The average molecular weight is 429 g/mol. The topological polar surface area (TPSA) is 83.0 Å². The standard InChI is InChI=1S/C22H32N6OS/c1-4-6-17-14-23-21(30-17)27-18-13-15(2)25-19(26-18)16-7-11-28(12-8-16)20(29)22(3)9-5-10-24-22/h13-14,16,24H,4-12H2,1-3H3,(H,23,25,26,27)/t22-/m0/s1. The molecule has 7 nitrogen and oxygen atoms in total. The maximum atomic E-state index is 12.9. The lowest BCUT2D eigenvalue weighted by Crippen LogP contribution is -2.54. The Morgan fingerprint density at radius 3 is 2.87 bits per heavy atom. The summed E-state index contributed by atoms with van der Waals surface area (Å²) in [6, 6.07) is 1.97. The molecule has 4 rings (SSSR count). The number of carbonyl (C=O) groups is 1. The van der Waals surface area contributed by atoms with Crippen molar-refractivity contribution in [2.45, 2.75) is 70.8 Å². The number of aromatic nitrogens is 3. The van der Waals surface area contributed by atoms with Gasteiger partial charge in [-0.15, -0.1) is 11.3 Å². The molecular weight excluding hydrogens is 396 g/mol. The van der Waals surface area contributed by atoms with Crippen molar-refractivity contribution in [3.63, 3.8) is 0 Å². The Balaban J connectivity index is 1.40. The Kier molecular flexibility index (Phi) is 6.34. The normalized spacial score (nSPS) is 22.4. The molecule has 1 atom stereocenters. The van der Waals surface area contributed by atoms with Gasteiger partial charge in [-0.1, -0.05) is 13.3 Å². The Labute approximate surface area is 182 Å². The van der Waals surface area contributed by atoms with Crippen LogP contribution in [0, 0.1) is 6.92 Å². The number of thiazole rings is 1. The third-order valence-corrected chi connectivity index (χ3v) is 7.12. The van der Waals surface area contributed by atoms with E-state index in [-0.39, 0.29) is 17.4 Å². The Morgan fingerprint density at radius 1 is 1.37 bits per heavy atom. The summed E-state index contributed by atoms with van der Waals surface area (Å²) in [5, 5.41) is 7.62. The molecule has 2 aromatic rings. The van der Waals surface area contributed by atoms with Crippen LogP contribution in [0.1, 0.15) is 68.3 Å². The first kappa shape index (κ1) is 21.2. The molecule has 0 saturated carbocycles. The van der Waals surface area contributed by atoms with Crippen molar-refractivity contribution in [1.29, 1.82) is 0 Å². The Hall–Kier alpha value is -2.06. The van der Waals surface area contributed by atoms with Crippen molar-refractivity contribution in [2.75, 3.05) is 25.0 Å². The van der Waals surface area contributed by atoms with Crippen LogP contribution in [0.2, 0.25) is 0 Å². The molecule has 162 valence electrons. The fourth-order valence-corrected chi connectivity index (χ4v) is 5.36. The summed E-state index contributed by atoms with van der Waals surface area (Å²) < 4.78 is 0. The van der Waals surface area contributed by atoms with Gasteiger partial charge in [0.05, 0.1) is 5.54 Å². The van der Waals surface area contributed by atoms with Gasteiger partial charge in [0.2, 0.25) is 5.91 Å². The molecule has 0 unspecified atom stereocenters. The highest BCUT2D eigenvalue weighted by molar-refractivity contribution is 7.15. The van der Waals surface area contributed by atoms with E-state index in [0.717, 1.165) is 80.6 Å². The summed E-state index contributed by atoms with van der Waals surface area (Å²) in [5.41, 5.74) is 0.572. The molecule has 1 amide bonds. The van der Waals surface area contributed by atoms with Crippen molar-refractivity contribution in [2.24, 2.45) is 0 Å². The molecule has 0 radical (unpaired) electrons. The number of carbonyl (C=O) groups excluding carboxylic acids is 1. The number of rotatable bonds is 6. The number of nitrogens with one attached hydrogen (secondary N) is 2. The third-order valence-electron chi connectivity index (χ3n) is 6.14. The lowest BCUT2D eigenvalue weighted by atomic mass is 9.92. The maximum Gasteiger partial charge on any atom is 0.242 e. The van der Waals surface area contributed by atoms with Crippen molar-refractivity contribution in [3.8, 4) is 0 Å². The second kappa shape index (κ2) is 8.98. The molecule has 2 aliphatic heterocycles. The average Bonchev–Trinajstić information content (AvgIpc) is 3.37. The SMILES string of the molecule is CCCc1cnc(Nc2cc(C)nc(C3CCN(C(=O)[C@]4(C)CCCN4)CC3)n2)s1. The van der Waals surface area contributed by atoms with Crippen LogP contribution in [0.3, 0.4) is 0 Å². The number of hydrogen-bond acceptors (Lipinski definition) is 7. The zero-order chi connectivity index (χ0) is 21.1. The van der Waals surface area contributed by atoms with Crippen molar-refractivity contribution in [1.82, 2.24) is 25.2 Å². The van der Waals surface area contributed by atoms with E-state index in [9.17, 15) is 4.79 Å². The molecule has 0 spiro atoms. The predicted molar refractivity (Wildman–Crippen MR) is 120 cm³/mol. The van der Waals surface area contributed by atoms with Crippen LogP contribution in [0.5, 0.6) is 0 Å². The van der Waals surface area contributed by atoms with E-state index >= 15 is 0 Å². The number of nitrogens with zero attached hydrogens (tertiary/aromatic N) is 4. The molecular formula is C22H32N6OS. The summed E-state index contributed by atoms with van der Waals surface area (Å²) in [6.45, 7) is 8.70. The molecule has 8 heteroatoms. The molecule has 2 N–H and O–H groups in total. The monoisotopic (exact) mass is 428 g/mol. The van der Waals surface area contributed by atoms with E-state index in [4.69, 9.17) is 9.97 Å². The molecule has 0 bridgehead atoms. The highest BCUT2D eigenvalue weighted by Gasteiger charge is 2.40. The van der Waals surface area contributed by atoms with Crippen molar-refractivity contribution >= 4 is 28.2 Å². The summed E-state index contributed by atoms with van der Waals surface area (Å²) in [6.07, 6.45) is 7.93. The van der Waals surface area contributed by atoms with Crippen LogP contribution in [0.25, 0.3) is 0 Å². The van der Waals surface area contributed by atoms with Crippen LogP contribution in [0.4, 0.5) is 10.9 Å². The van der Waals surface area contributed by atoms with Gasteiger partial charge >= 0.3 is 0 Å². The number of amides is 1. The number of likely N-dealkylation sites (tertiary alicyclic amines) is 1. The van der Waals surface area contributed by atoms with Gasteiger partial charge in [-0.25, -0.2) is 15.0 Å². The lowest BCUT2D eigenvalue weighted by Gasteiger charge is -2.36. The number of anilines is 2. The summed E-state index contributed by atoms with van der Waals surface area (Å²) >= 11 is 1.68. The minimum atomic E-state index is -0.381. The van der Waals surface area contributed by atoms with Gasteiger partial charge in [-0.3, -0.25) is 4.79 Å². The zero-order valence-corrected chi connectivity index (χ0v) is 19.0. The van der Waals surface area contributed by atoms with Gasteiger partial charge in [-0.2, -0.15) is 0 Å². The molecule has 2 aliphatic rings. The Bertz CT molecular complexity index is 884. The third kappa shape index (κ3) is 4.64. The fraction of sp³-hybridized carbons (Fsp3) is 0.636. The molecule has 0 aromatic carbocycles. The number of piperidine rings is 1. The first-order chi connectivity index (χ1) is 14.5. The van der Waals surface area contributed by atoms with Gasteiger partial charge in [0.25, 0.3) is 0 Å². The van der Waals surface area contributed by atoms with Gasteiger partial charge in [0.1, 0.15) is 11.6 Å². The van der Waals surface area contributed by atoms with E-state index in [2.05, 4.69) is 22.5 Å². The summed E-state index contributed by atoms with van der Waals surface area (Å²) in [7, 11) is 0. The van der Waals surface area contributed by atoms with E-state index in [0.29, 0.717) is 0 Å². The van der Waals surface area contributed by atoms with E-state index < -0.39 is 0 Å². The maximum absolute atomic E-state index is 12.9. The summed E-state index contributed by atoms with van der Waals surface area (Å²) in [4.78, 5) is 30.2. The quantitative estimate of drug-likeness (QED) is 0.728. The smallest absolute Gasteiger partial charge is 0.242 e. The second-order valence-corrected chi connectivity index (χ2v) is 9.80. The highest BCUT2D eigenvalue weighted by atomic mass is 32.1. The summed E-state index contributed by atoms with van der Waals surface area (Å²) in [5.74, 6) is 2.21. The molecule has 4 heterocycles. The minimum absolute atomic E-state index is 0.248. The van der Waals surface area contributed by atoms with Crippen LogP contribution >= 0.6 is 11.3 Å². The molecule has 2 aromatic heterocycles. The lowest BCUT2D eigenvalue weighted by molar-refractivity contribution is -0.138. The molecule has 0 aliphatic carbocycles. The van der Waals surface area contributed by atoms with E-state index in [1.54, 1.807) is 11.3 Å². The van der Waals surface area contributed by atoms with Gasteiger partial charge in [0, 0.05) is 41.8 Å². The fourth-order valence-electron chi connectivity index (χ4n) is 4.44. The van der Waals surface area contributed by atoms with E-state index in [1.807, 2.05) is 31.0 Å². The number of aryl methyl sites for hydroxylation is 2. The predicted octanol–water partition coefficient (Wildman–Crippen LogP) is 3.79. The van der Waals surface area contributed by atoms with E-state index in [1.165, 1.54) is 4.88 Å². The first-order valence-corrected chi connectivity index (χ1v) is 11.9. The second-order valence-electron chi connectivity index (χ2n) is 8.69. The van der Waals surface area contributed by atoms with Crippen LogP contribution in [-0.4, -0.2) is 50.9 Å². The van der Waals surface area contributed by atoms with Crippen LogP contribution < -0.4 is 10.6 Å². The molecule has 30 heavy (non-hydrogen) atoms. The highest BCUT2D eigenvalue weighted by Crippen LogP contribution is 2.30. The number of hydrogen-bond donors (Lipinski definition) is 2. The zero-order valence-electron chi connectivity index (χ0n) is 18.2. The van der Waals surface area contributed by atoms with Crippen molar-refractivity contribution < 1.29 is 4.79 Å². The largest absolute Gasteiger partial charge is 0.341 e. The Morgan fingerprint density at radius 2 is 2.17 bits per heavy atom. The van der Waals surface area contributed by atoms with Gasteiger partial charge < -0.3 is 15.5 Å². The van der Waals surface area contributed by atoms with Crippen molar-refractivity contribution in [3.05, 3.63) is 28.7 Å². The van der Waals surface area contributed by atoms with Crippen LogP contribution in [0.15, 0.2) is 12.3 Å². The minimum Gasteiger partial charge on any atom is -0.341 e. The van der Waals surface area contributed by atoms with Gasteiger partial charge in [0.15, 0.2) is 5.13 Å².